The van der Waals surface area contributed by atoms with E-state index in [1.54, 1.807) is 0 Å². The molecule has 1 N–H and O–H groups in total. The van der Waals surface area contributed by atoms with Crippen LogP contribution in [0.1, 0.15) is 32.6 Å². The van der Waals surface area contributed by atoms with Crippen LogP contribution in [-0.4, -0.2) is 23.9 Å². The average Bonchev–Trinajstić information content (AvgIpc) is 1.85. The zero-order valence-electron chi connectivity index (χ0n) is 6.55. The van der Waals surface area contributed by atoms with Gasteiger partial charge in [0.1, 0.15) is 0 Å². The molecule has 2 nitrogen and oxygen atoms in total. The van der Waals surface area contributed by atoms with E-state index >= 15 is 0 Å². The van der Waals surface area contributed by atoms with Gasteiger partial charge in [-0.2, -0.15) is 0 Å². The Morgan fingerprint density at radius 3 is 2.70 bits per heavy atom. The highest BCUT2D eigenvalue weighted by Crippen LogP contribution is 2.22. The van der Waals surface area contributed by atoms with Crippen LogP contribution in [0.5, 0.6) is 0 Å². The van der Waals surface area contributed by atoms with Gasteiger partial charge in [0.2, 0.25) is 0 Å². The lowest BCUT2D eigenvalue weighted by atomic mass is 9.92. The lowest BCUT2D eigenvalue weighted by molar-refractivity contribution is -0.0711. The number of hydrogen-bond acceptors (Lipinski definition) is 2. The van der Waals surface area contributed by atoms with Crippen molar-refractivity contribution >= 4 is 0 Å². The van der Waals surface area contributed by atoms with Gasteiger partial charge in [-0.25, -0.2) is 0 Å². The first-order chi connectivity index (χ1) is 4.83. The first-order valence-corrected chi connectivity index (χ1v) is 4.12. The molecule has 0 amide bonds. The SMILES string of the molecule is CCCCO[C@H]1C[C@H](O)C1. The number of rotatable bonds is 4. The van der Waals surface area contributed by atoms with Gasteiger partial charge >= 0.3 is 0 Å². The van der Waals surface area contributed by atoms with Crippen LogP contribution in [0.15, 0.2) is 0 Å². The molecule has 1 aliphatic carbocycles. The number of aliphatic hydroxyl groups is 1. The number of ether oxygens (including phenoxy) is 1. The Morgan fingerprint density at radius 1 is 1.50 bits per heavy atom. The monoisotopic (exact) mass is 144 g/mol. The van der Waals surface area contributed by atoms with Crippen molar-refractivity contribution in [2.45, 2.75) is 44.8 Å². The third kappa shape index (κ3) is 2.27. The van der Waals surface area contributed by atoms with Gasteiger partial charge in [-0.1, -0.05) is 13.3 Å². The van der Waals surface area contributed by atoms with E-state index in [0.29, 0.717) is 6.10 Å². The largest absolute Gasteiger partial charge is 0.393 e. The van der Waals surface area contributed by atoms with E-state index in [1.165, 1.54) is 6.42 Å². The van der Waals surface area contributed by atoms with Crippen LogP contribution >= 0.6 is 0 Å². The number of unbranched alkanes of at least 4 members (excludes halogenated alkanes) is 1. The fraction of sp³-hybridized carbons (Fsp3) is 1.00. The quantitative estimate of drug-likeness (QED) is 0.603. The van der Waals surface area contributed by atoms with E-state index in [2.05, 4.69) is 6.92 Å². The van der Waals surface area contributed by atoms with Crippen molar-refractivity contribution in [3.8, 4) is 0 Å². The molecule has 0 radical (unpaired) electrons. The maximum absolute atomic E-state index is 8.89. The van der Waals surface area contributed by atoms with Crippen LogP contribution in [0.4, 0.5) is 0 Å². The van der Waals surface area contributed by atoms with Gasteiger partial charge in [0.25, 0.3) is 0 Å². The van der Waals surface area contributed by atoms with Crippen molar-refractivity contribution in [1.29, 1.82) is 0 Å². The topological polar surface area (TPSA) is 29.5 Å². The molecule has 0 aromatic heterocycles. The highest BCUT2D eigenvalue weighted by Gasteiger charge is 2.27. The lowest BCUT2D eigenvalue weighted by Crippen LogP contribution is -2.35. The third-order valence-electron chi connectivity index (χ3n) is 1.92. The minimum absolute atomic E-state index is 0.0772. The summed E-state index contributed by atoms with van der Waals surface area (Å²) in [6, 6.07) is 0. The second kappa shape index (κ2) is 3.94. The van der Waals surface area contributed by atoms with E-state index in [0.717, 1.165) is 25.9 Å². The summed E-state index contributed by atoms with van der Waals surface area (Å²) in [5.41, 5.74) is 0. The summed E-state index contributed by atoms with van der Waals surface area (Å²) in [6.45, 7) is 3.02. The molecule has 1 rings (SSSR count). The summed E-state index contributed by atoms with van der Waals surface area (Å²) in [6.07, 6.45) is 4.32. The fourth-order valence-electron chi connectivity index (χ4n) is 1.07. The minimum Gasteiger partial charge on any atom is -0.393 e. The first-order valence-electron chi connectivity index (χ1n) is 4.12. The van der Waals surface area contributed by atoms with Gasteiger partial charge in [-0.3, -0.25) is 0 Å². The second-order valence-electron chi connectivity index (χ2n) is 2.97. The fourth-order valence-corrected chi connectivity index (χ4v) is 1.07. The lowest BCUT2D eigenvalue weighted by Gasteiger charge is -2.31. The summed E-state index contributed by atoms with van der Waals surface area (Å²) in [7, 11) is 0. The van der Waals surface area contributed by atoms with Crippen LogP contribution in [0.3, 0.4) is 0 Å². The molecule has 2 heteroatoms. The second-order valence-corrected chi connectivity index (χ2v) is 2.97. The smallest absolute Gasteiger partial charge is 0.0624 e. The van der Waals surface area contributed by atoms with Gasteiger partial charge in [-0.05, 0) is 19.3 Å². The predicted octanol–water partition coefficient (Wildman–Crippen LogP) is 1.33. The van der Waals surface area contributed by atoms with E-state index < -0.39 is 0 Å². The minimum atomic E-state index is -0.0772. The van der Waals surface area contributed by atoms with Gasteiger partial charge in [0.15, 0.2) is 0 Å². The van der Waals surface area contributed by atoms with Gasteiger partial charge in [-0.15, -0.1) is 0 Å². The van der Waals surface area contributed by atoms with Crippen LogP contribution in [-0.2, 0) is 4.74 Å². The van der Waals surface area contributed by atoms with Crippen molar-refractivity contribution < 1.29 is 9.84 Å². The Morgan fingerprint density at radius 2 is 2.20 bits per heavy atom. The molecule has 0 spiro atoms. The van der Waals surface area contributed by atoms with Gasteiger partial charge in [0, 0.05) is 6.61 Å². The predicted molar refractivity (Wildman–Crippen MR) is 39.9 cm³/mol. The maximum atomic E-state index is 8.89. The summed E-state index contributed by atoms with van der Waals surface area (Å²) < 4.78 is 5.43. The molecule has 1 fully saturated rings. The van der Waals surface area contributed by atoms with Crippen LogP contribution in [0.2, 0.25) is 0 Å². The molecule has 0 aliphatic heterocycles. The van der Waals surface area contributed by atoms with Crippen LogP contribution in [0, 0.1) is 0 Å². The molecule has 1 aliphatic rings. The molecule has 10 heavy (non-hydrogen) atoms. The number of hydrogen-bond donors (Lipinski definition) is 1. The Kier molecular flexibility index (Phi) is 3.16. The van der Waals surface area contributed by atoms with Gasteiger partial charge < -0.3 is 9.84 Å². The zero-order chi connectivity index (χ0) is 7.40. The Bertz CT molecular complexity index is 87.3. The van der Waals surface area contributed by atoms with Crippen molar-refractivity contribution in [3.05, 3.63) is 0 Å². The molecule has 0 aromatic carbocycles. The first kappa shape index (κ1) is 8.02. The highest BCUT2D eigenvalue weighted by atomic mass is 16.5. The molecule has 1 saturated carbocycles. The normalized spacial score (nSPS) is 31.8. The number of aliphatic hydroxyl groups excluding tert-OH is 1. The summed E-state index contributed by atoms with van der Waals surface area (Å²) in [5.74, 6) is 0. The summed E-state index contributed by atoms with van der Waals surface area (Å²) in [4.78, 5) is 0. The van der Waals surface area contributed by atoms with Crippen molar-refractivity contribution in [2.24, 2.45) is 0 Å². The van der Waals surface area contributed by atoms with E-state index in [9.17, 15) is 0 Å². The Balaban J connectivity index is 1.86. The molecule has 0 unspecified atom stereocenters. The van der Waals surface area contributed by atoms with Crippen molar-refractivity contribution in [3.63, 3.8) is 0 Å². The molecule has 0 saturated heterocycles. The van der Waals surface area contributed by atoms with Crippen molar-refractivity contribution in [1.82, 2.24) is 0 Å². The third-order valence-corrected chi connectivity index (χ3v) is 1.92. The van der Waals surface area contributed by atoms with E-state index in [-0.39, 0.29) is 6.10 Å². The van der Waals surface area contributed by atoms with Crippen LogP contribution < -0.4 is 0 Å². The molecular weight excluding hydrogens is 128 g/mol. The van der Waals surface area contributed by atoms with Gasteiger partial charge in [0.05, 0.1) is 12.2 Å². The molecule has 0 aromatic rings. The molecule has 60 valence electrons. The molecular formula is C8H16O2. The Labute approximate surface area is 62.2 Å². The molecule has 0 heterocycles. The molecule has 0 atom stereocenters. The van der Waals surface area contributed by atoms with E-state index in [1.807, 2.05) is 0 Å². The van der Waals surface area contributed by atoms with E-state index in [4.69, 9.17) is 9.84 Å². The Hall–Kier alpha value is -0.0800. The van der Waals surface area contributed by atoms with Crippen LogP contribution in [0.25, 0.3) is 0 Å². The van der Waals surface area contributed by atoms with Crippen molar-refractivity contribution in [2.75, 3.05) is 6.61 Å². The summed E-state index contributed by atoms with van der Waals surface area (Å²) >= 11 is 0. The molecule has 0 bridgehead atoms. The summed E-state index contributed by atoms with van der Waals surface area (Å²) in [5, 5.41) is 8.89. The average molecular weight is 144 g/mol. The zero-order valence-corrected chi connectivity index (χ0v) is 6.55. The standard InChI is InChI=1S/C8H16O2/c1-2-3-4-10-8-5-7(9)6-8/h7-9H,2-6H2,1H3/t7-,8-. The highest BCUT2D eigenvalue weighted by molar-refractivity contribution is 4.78. The maximum Gasteiger partial charge on any atom is 0.0624 e.